The van der Waals surface area contributed by atoms with Crippen LogP contribution in [-0.4, -0.2) is 29.0 Å². The zero-order valence-electron chi connectivity index (χ0n) is 17.4. The van der Waals surface area contributed by atoms with Gasteiger partial charge in [-0.3, -0.25) is 4.79 Å². The van der Waals surface area contributed by atoms with Gasteiger partial charge >= 0.3 is 0 Å². The molecule has 1 aliphatic rings. The number of amides is 1. The van der Waals surface area contributed by atoms with Gasteiger partial charge in [-0.25, -0.2) is 9.97 Å². The molecule has 32 heavy (non-hydrogen) atoms. The van der Waals surface area contributed by atoms with Gasteiger partial charge in [0.25, 0.3) is 0 Å². The number of carbonyl (C=O) groups excluding carboxylic acids is 1. The minimum atomic E-state index is -0.320. The number of halogens is 1. The van der Waals surface area contributed by atoms with Gasteiger partial charge in [-0.15, -0.1) is 0 Å². The topological polar surface area (TPSA) is 95.9 Å². The smallest absolute Gasteiger partial charge is 0.222 e. The fourth-order valence-corrected chi connectivity index (χ4v) is 4.69. The molecule has 162 valence electrons. The second-order valence-corrected chi connectivity index (χ2v) is 9.01. The minimum absolute atomic E-state index is 0.260. The van der Waals surface area contributed by atoms with E-state index in [1.807, 2.05) is 35.2 Å². The minimum Gasteiger partial charge on any atom is -0.369 e. The molecule has 1 atom stereocenters. The first kappa shape index (κ1) is 22.1. The Hall–Kier alpha value is -3.08. The predicted molar refractivity (Wildman–Crippen MR) is 127 cm³/mol. The number of aromatic nitrogens is 2. The Kier molecular flexibility index (Phi) is 6.93. The highest BCUT2D eigenvalue weighted by Gasteiger charge is 2.28. The average Bonchev–Trinajstić information content (AvgIpc) is 2.83. The molecule has 2 aromatic carbocycles. The van der Waals surface area contributed by atoms with Crippen molar-refractivity contribution >= 4 is 35.1 Å². The van der Waals surface area contributed by atoms with E-state index in [1.54, 1.807) is 12.1 Å². The lowest BCUT2D eigenvalue weighted by Crippen LogP contribution is -2.42. The Bertz CT molecular complexity index is 1150. The summed E-state index contributed by atoms with van der Waals surface area (Å²) in [5, 5.41) is 11.2. The molecular formula is C24H22ClN5OS. The number of piperidine rings is 1. The van der Waals surface area contributed by atoms with Crippen molar-refractivity contribution in [3.05, 3.63) is 70.7 Å². The molecule has 2 heterocycles. The van der Waals surface area contributed by atoms with Crippen LogP contribution in [0.4, 0.5) is 5.82 Å². The van der Waals surface area contributed by atoms with Gasteiger partial charge in [-0.2, -0.15) is 5.26 Å². The number of benzene rings is 2. The third kappa shape index (κ3) is 5.04. The molecule has 8 heteroatoms. The molecule has 1 fully saturated rings. The summed E-state index contributed by atoms with van der Waals surface area (Å²) in [4.78, 5) is 23.3. The van der Waals surface area contributed by atoms with Crippen LogP contribution in [0.2, 0.25) is 5.02 Å². The van der Waals surface area contributed by atoms with E-state index in [9.17, 15) is 10.1 Å². The van der Waals surface area contributed by atoms with Gasteiger partial charge in [0.1, 0.15) is 11.6 Å². The number of primary amides is 1. The van der Waals surface area contributed by atoms with Crippen molar-refractivity contribution in [1.29, 1.82) is 5.26 Å². The third-order valence-corrected chi connectivity index (χ3v) is 6.60. The fourth-order valence-electron chi connectivity index (χ4n) is 3.77. The summed E-state index contributed by atoms with van der Waals surface area (Å²) in [6, 6.07) is 19.6. The van der Waals surface area contributed by atoms with Crippen LogP contribution < -0.4 is 10.6 Å². The van der Waals surface area contributed by atoms with E-state index >= 15 is 0 Å². The van der Waals surface area contributed by atoms with Crippen molar-refractivity contribution in [2.45, 2.75) is 23.8 Å². The summed E-state index contributed by atoms with van der Waals surface area (Å²) in [5.74, 6) is 0.674. The van der Waals surface area contributed by atoms with Gasteiger partial charge in [0.05, 0.1) is 11.6 Å². The number of thioether (sulfide) groups is 1. The van der Waals surface area contributed by atoms with E-state index < -0.39 is 0 Å². The highest BCUT2D eigenvalue weighted by Crippen LogP contribution is 2.34. The van der Waals surface area contributed by atoms with Gasteiger partial charge in [0.2, 0.25) is 5.91 Å². The highest BCUT2D eigenvalue weighted by atomic mass is 35.5. The van der Waals surface area contributed by atoms with Gasteiger partial charge in [-0.1, -0.05) is 65.8 Å². The monoisotopic (exact) mass is 463 g/mol. The van der Waals surface area contributed by atoms with Gasteiger partial charge in [-0.05, 0) is 30.5 Å². The number of hydrogen-bond acceptors (Lipinski definition) is 6. The number of rotatable bonds is 6. The summed E-state index contributed by atoms with van der Waals surface area (Å²) in [6.45, 7) is 1.15. The van der Waals surface area contributed by atoms with Gasteiger partial charge in [0, 0.05) is 29.4 Å². The number of anilines is 1. The molecule has 1 unspecified atom stereocenters. The molecule has 0 radical (unpaired) electrons. The molecule has 1 aliphatic heterocycles. The molecule has 4 rings (SSSR count). The van der Waals surface area contributed by atoms with Crippen LogP contribution in [0.15, 0.2) is 59.8 Å². The first-order valence-electron chi connectivity index (χ1n) is 10.3. The standard InChI is InChI=1S/C24H22ClN5OS/c25-19-10-8-17(9-11-19)21-20(13-26)23(30-12-4-7-18(14-30)22(27)31)29-24(28-21)32-15-16-5-2-1-3-6-16/h1-3,5-6,8-11,18H,4,7,12,14-15H2,(H2,27,31). The summed E-state index contributed by atoms with van der Waals surface area (Å²) < 4.78 is 0. The molecule has 6 nitrogen and oxygen atoms in total. The van der Waals surface area contributed by atoms with E-state index in [1.165, 1.54) is 11.8 Å². The van der Waals surface area contributed by atoms with Crippen molar-refractivity contribution in [3.8, 4) is 17.3 Å². The molecular weight excluding hydrogens is 442 g/mol. The number of hydrogen-bond donors (Lipinski definition) is 1. The Balaban J connectivity index is 1.76. The summed E-state index contributed by atoms with van der Waals surface area (Å²) >= 11 is 7.58. The van der Waals surface area contributed by atoms with Crippen molar-refractivity contribution < 1.29 is 4.79 Å². The maximum atomic E-state index is 11.8. The van der Waals surface area contributed by atoms with Crippen molar-refractivity contribution in [1.82, 2.24) is 9.97 Å². The summed E-state index contributed by atoms with van der Waals surface area (Å²) in [5.41, 5.74) is 8.48. The number of carbonyl (C=O) groups is 1. The Morgan fingerprint density at radius 1 is 1.19 bits per heavy atom. The van der Waals surface area contributed by atoms with E-state index in [4.69, 9.17) is 27.3 Å². The van der Waals surface area contributed by atoms with Crippen LogP contribution in [0.3, 0.4) is 0 Å². The van der Waals surface area contributed by atoms with Gasteiger partial charge < -0.3 is 10.6 Å². The van der Waals surface area contributed by atoms with E-state index in [-0.39, 0.29) is 11.8 Å². The molecule has 3 aromatic rings. The van der Waals surface area contributed by atoms with Crippen LogP contribution in [0.1, 0.15) is 24.0 Å². The van der Waals surface area contributed by atoms with Crippen molar-refractivity contribution in [3.63, 3.8) is 0 Å². The van der Waals surface area contributed by atoms with Crippen LogP contribution in [-0.2, 0) is 10.5 Å². The van der Waals surface area contributed by atoms with E-state index in [2.05, 4.69) is 18.2 Å². The maximum Gasteiger partial charge on any atom is 0.222 e. The van der Waals surface area contributed by atoms with Crippen LogP contribution >= 0.6 is 23.4 Å². The Morgan fingerprint density at radius 2 is 1.94 bits per heavy atom. The first-order valence-corrected chi connectivity index (χ1v) is 11.7. The van der Waals surface area contributed by atoms with E-state index in [0.717, 1.165) is 24.0 Å². The third-order valence-electron chi connectivity index (χ3n) is 5.43. The zero-order valence-corrected chi connectivity index (χ0v) is 18.9. The second kappa shape index (κ2) is 10.0. The number of nitrogens with two attached hydrogens (primary N) is 1. The van der Waals surface area contributed by atoms with Crippen LogP contribution in [0.25, 0.3) is 11.3 Å². The van der Waals surface area contributed by atoms with Crippen LogP contribution in [0.5, 0.6) is 0 Å². The molecule has 0 aliphatic carbocycles. The summed E-state index contributed by atoms with van der Waals surface area (Å²) in [6.07, 6.45) is 1.56. The Labute approximate surface area is 196 Å². The lowest BCUT2D eigenvalue weighted by atomic mass is 9.97. The SMILES string of the molecule is N#Cc1c(-c2ccc(Cl)cc2)nc(SCc2ccccc2)nc1N1CCCC(C(N)=O)C1. The van der Waals surface area contributed by atoms with Crippen LogP contribution in [0, 0.1) is 17.2 Å². The molecule has 1 aromatic heterocycles. The molecule has 0 spiro atoms. The Morgan fingerprint density at radius 3 is 2.62 bits per heavy atom. The molecule has 2 N–H and O–H groups in total. The fraction of sp³-hybridized carbons (Fsp3) is 0.250. The second-order valence-electron chi connectivity index (χ2n) is 7.63. The average molecular weight is 464 g/mol. The molecule has 1 amide bonds. The zero-order chi connectivity index (χ0) is 22.5. The lowest BCUT2D eigenvalue weighted by Gasteiger charge is -2.33. The normalized spacial score (nSPS) is 15.9. The van der Waals surface area contributed by atoms with Crippen molar-refractivity contribution in [2.75, 3.05) is 18.0 Å². The lowest BCUT2D eigenvalue weighted by molar-refractivity contribution is -0.122. The highest BCUT2D eigenvalue weighted by molar-refractivity contribution is 7.98. The van der Waals surface area contributed by atoms with Gasteiger partial charge in [0.15, 0.2) is 11.0 Å². The predicted octanol–water partition coefficient (Wildman–Crippen LogP) is 4.66. The summed E-state index contributed by atoms with van der Waals surface area (Å²) in [7, 11) is 0. The van der Waals surface area contributed by atoms with Crippen molar-refractivity contribution in [2.24, 2.45) is 11.7 Å². The quantitative estimate of drug-likeness (QED) is 0.421. The largest absolute Gasteiger partial charge is 0.369 e. The molecule has 0 saturated carbocycles. The first-order chi connectivity index (χ1) is 15.5. The molecule has 1 saturated heterocycles. The maximum absolute atomic E-state index is 11.8. The number of nitrogens with zero attached hydrogens (tertiary/aromatic N) is 4. The number of nitriles is 1. The molecule has 0 bridgehead atoms. The van der Waals surface area contributed by atoms with E-state index in [0.29, 0.717) is 46.1 Å².